The molecule has 0 rings (SSSR count). The third-order valence-electron chi connectivity index (χ3n) is 3.76. The molecule has 0 saturated heterocycles. The van der Waals surface area contributed by atoms with Gasteiger partial charge in [-0.2, -0.15) is 0 Å². The van der Waals surface area contributed by atoms with Crippen LogP contribution in [-0.4, -0.2) is 0 Å². The second-order valence-electron chi connectivity index (χ2n) is 6.41. The Bertz CT molecular complexity index is 253. The van der Waals surface area contributed by atoms with Crippen molar-refractivity contribution in [3.8, 4) is 0 Å². The zero-order chi connectivity index (χ0) is 14.5. The van der Waals surface area contributed by atoms with Crippen LogP contribution in [-0.2, 0) is 0 Å². The summed E-state index contributed by atoms with van der Waals surface area (Å²) in [6.45, 7) is 11.3. The fraction of sp³-hybridized carbons (Fsp3) is 0.789. The lowest BCUT2D eigenvalue weighted by Gasteiger charge is -2.09. The highest BCUT2D eigenvalue weighted by molar-refractivity contribution is 5.02. The molecule has 0 aromatic carbocycles. The normalized spacial score (nSPS) is 13.4. The van der Waals surface area contributed by atoms with E-state index in [4.69, 9.17) is 0 Å². The molecular weight excluding hydrogens is 228 g/mol. The van der Waals surface area contributed by atoms with Crippen LogP contribution in [0.2, 0.25) is 0 Å². The van der Waals surface area contributed by atoms with E-state index in [1.54, 1.807) is 5.57 Å². The fourth-order valence-corrected chi connectivity index (χ4v) is 2.31. The quantitative estimate of drug-likeness (QED) is 0.276. The average molecular weight is 264 g/mol. The van der Waals surface area contributed by atoms with Gasteiger partial charge in [0.05, 0.1) is 0 Å². The minimum absolute atomic E-state index is 0.861. The molecule has 0 heteroatoms. The molecule has 112 valence electrons. The van der Waals surface area contributed by atoms with Crippen LogP contribution in [0.25, 0.3) is 0 Å². The van der Waals surface area contributed by atoms with Crippen molar-refractivity contribution in [1.29, 1.82) is 0 Å². The highest BCUT2D eigenvalue weighted by atomic mass is 14.1. The Hall–Kier alpha value is -0.520. The molecule has 1 atom stereocenters. The van der Waals surface area contributed by atoms with Gasteiger partial charge in [-0.1, -0.05) is 75.7 Å². The van der Waals surface area contributed by atoms with E-state index in [1.807, 2.05) is 0 Å². The molecule has 0 spiro atoms. The van der Waals surface area contributed by atoms with Gasteiger partial charge < -0.3 is 0 Å². The second-order valence-corrected chi connectivity index (χ2v) is 6.41. The Morgan fingerprint density at radius 2 is 1.63 bits per heavy atom. The molecule has 0 aliphatic rings. The monoisotopic (exact) mass is 264 g/mol. The van der Waals surface area contributed by atoms with Crippen molar-refractivity contribution in [2.24, 2.45) is 5.92 Å². The first-order valence-electron chi connectivity index (χ1n) is 8.35. The van der Waals surface area contributed by atoms with Crippen molar-refractivity contribution in [2.75, 3.05) is 0 Å². The van der Waals surface area contributed by atoms with Gasteiger partial charge >= 0.3 is 0 Å². The standard InChI is InChI=1S/C19H36/c1-6-7-8-9-10-13-18(4)15-16-19(5)14-11-12-17(2)3/h12,16,18H,6-11,13-15H2,1-5H3/b19-16+. The average Bonchev–Trinajstić information content (AvgIpc) is 2.35. The second kappa shape index (κ2) is 12.5. The smallest absolute Gasteiger partial charge is 0.0288 e. The molecule has 0 heterocycles. The van der Waals surface area contributed by atoms with Crippen molar-refractivity contribution in [3.63, 3.8) is 0 Å². The van der Waals surface area contributed by atoms with Crippen LogP contribution < -0.4 is 0 Å². The fourth-order valence-electron chi connectivity index (χ4n) is 2.31. The van der Waals surface area contributed by atoms with Crippen LogP contribution in [0.1, 0.15) is 92.4 Å². The lowest BCUT2D eigenvalue weighted by atomic mass is 9.97. The maximum Gasteiger partial charge on any atom is -0.0288 e. The van der Waals surface area contributed by atoms with E-state index in [9.17, 15) is 0 Å². The van der Waals surface area contributed by atoms with Crippen molar-refractivity contribution < 1.29 is 0 Å². The number of hydrogen-bond donors (Lipinski definition) is 0. The van der Waals surface area contributed by atoms with Crippen LogP contribution in [0.15, 0.2) is 23.3 Å². The number of allylic oxidation sites excluding steroid dienone is 4. The highest BCUT2D eigenvalue weighted by Gasteiger charge is 2.00. The van der Waals surface area contributed by atoms with Gasteiger partial charge in [-0.3, -0.25) is 0 Å². The van der Waals surface area contributed by atoms with Gasteiger partial charge in [0.1, 0.15) is 0 Å². The predicted molar refractivity (Wildman–Crippen MR) is 89.6 cm³/mol. The third-order valence-corrected chi connectivity index (χ3v) is 3.76. The molecule has 0 N–H and O–H groups in total. The van der Waals surface area contributed by atoms with E-state index in [0.717, 1.165) is 5.92 Å². The molecule has 19 heavy (non-hydrogen) atoms. The molecule has 0 aromatic heterocycles. The van der Waals surface area contributed by atoms with Crippen LogP contribution in [0.5, 0.6) is 0 Å². The van der Waals surface area contributed by atoms with Gasteiger partial charge in [-0.15, -0.1) is 0 Å². The van der Waals surface area contributed by atoms with Crippen molar-refractivity contribution in [2.45, 2.75) is 92.4 Å². The molecular formula is C19H36. The molecule has 0 fully saturated rings. The van der Waals surface area contributed by atoms with E-state index in [1.165, 1.54) is 63.4 Å². The van der Waals surface area contributed by atoms with Crippen molar-refractivity contribution in [1.82, 2.24) is 0 Å². The molecule has 0 bridgehead atoms. The van der Waals surface area contributed by atoms with Gasteiger partial charge in [-0.25, -0.2) is 0 Å². The number of unbranched alkanes of at least 4 members (excludes halogenated alkanes) is 4. The number of hydrogen-bond acceptors (Lipinski definition) is 0. The van der Waals surface area contributed by atoms with Crippen LogP contribution >= 0.6 is 0 Å². The molecule has 0 saturated carbocycles. The van der Waals surface area contributed by atoms with E-state index in [0.29, 0.717) is 0 Å². The Morgan fingerprint density at radius 3 is 2.26 bits per heavy atom. The molecule has 0 radical (unpaired) electrons. The Morgan fingerprint density at radius 1 is 0.947 bits per heavy atom. The molecule has 0 aliphatic heterocycles. The van der Waals surface area contributed by atoms with E-state index in [2.05, 4.69) is 46.8 Å². The summed E-state index contributed by atoms with van der Waals surface area (Å²) in [4.78, 5) is 0. The highest BCUT2D eigenvalue weighted by Crippen LogP contribution is 2.17. The first-order chi connectivity index (χ1) is 9.06. The van der Waals surface area contributed by atoms with Gasteiger partial charge in [0.25, 0.3) is 0 Å². The Balaban J connectivity index is 3.63. The zero-order valence-electron chi connectivity index (χ0n) is 14.1. The number of rotatable bonds is 11. The molecule has 0 aliphatic carbocycles. The van der Waals surface area contributed by atoms with Gasteiger partial charge in [-0.05, 0) is 46.0 Å². The summed E-state index contributed by atoms with van der Waals surface area (Å²) in [5.74, 6) is 0.861. The summed E-state index contributed by atoms with van der Waals surface area (Å²) < 4.78 is 0. The van der Waals surface area contributed by atoms with E-state index < -0.39 is 0 Å². The lowest BCUT2D eigenvalue weighted by molar-refractivity contribution is 0.489. The summed E-state index contributed by atoms with van der Waals surface area (Å²) >= 11 is 0. The molecule has 0 nitrogen and oxygen atoms in total. The summed E-state index contributed by atoms with van der Waals surface area (Å²) in [6, 6.07) is 0. The maximum absolute atomic E-state index is 2.47. The first-order valence-corrected chi connectivity index (χ1v) is 8.35. The third kappa shape index (κ3) is 13.7. The maximum atomic E-state index is 2.47. The van der Waals surface area contributed by atoms with Gasteiger partial charge in [0.15, 0.2) is 0 Å². The van der Waals surface area contributed by atoms with Crippen LogP contribution in [0, 0.1) is 5.92 Å². The lowest BCUT2D eigenvalue weighted by Crippen LogP contribution is -1.93. The van der Waals surface area contributed by atoms with Crippen LogP contribution in [0.4, 0.5) is 0 Å². The van der Waals surface area contributed by atoms with Gasteiger partial charge in [0.2, 0.25) is 0 Å². The molecule has 0 aromatic rings. The van der Waals surface area contributed by atoms with Crippen molar-refractivity contribution >= 4 is 0 Å². The minimum atomic E-state index is 0.861. The Labute approximate surface area is 122 Å². The summed E-state index contributed by atoms with van der Waals surface area (Å²) in [6.07, 6.45) is 17.0. The molecule has 0 amide bonds. The SMILES string of the molecule is CCCCCCCC(C)C/C=C(\C)CCC=C(C)C. The largest absolute Gasteiger partial charge is 0.0856 e. The summed E-state index contributed by atoms with van der Waals surface area (Å²) in [5.41, 5.74) is 3.00. The minimum Gasteiger partial charge on any atom is -0.0856 e. The summed E-state index contributed by atoms with van der Waals surface area (Å²) in [7, 11) is 0. The van der Waals surface area contributed by atoms with Crippen molar-refractivity contribution in [3.05, 3.63) is 23.3 Å². The topological polar surface area (TPSA) is 0 Å². The molecule has 1 unspecified atom stereocenters. The van der Waals surface area contributed by atoms with Crippen LogP contribution in [0.3, 0.4) is 0 Å². The van der Waals surface area contributed by atoms with E-state index in [-0.39, 0.29) is 0 Å². The predicted octanol–water partition coefficient (Wildman–Crippen LogP) is 7.07. The van der Waals surface area contributed by atoms with E-state index >= 15 is 0 Å². The Kier molecular flexibility index (Phi) is 12.2. The first kappa shape index (κ1) is 18.5. The van der Waals surface area contributed by atoms with Gasteiger partial charge in [0, 0.05) is 0 Å². The summed E-state index contributed by atoms with van der Waals surface area (Å²) in [5, 5.41) is 0. The zero-order valence-corrected chi connectivity index (χ0v) is 14.1.